The van der Waals surface area contributed by atoms with Gasteiger partial charge in [0, 0.05) is 24.0 Å². The van der Waals surface area contributed by atoms with Crippen LogP contribution in [-0.2, 0) is 12.8 Å². The average molecular weight is 482 g/mol. The molecular weight excluding hydrogens is 465 g/mol. The van der Waals surface area contributed by atoms with Gasteiger partial charge in [-0.15, -0.1) is 0 Å². The highest BCUT2D eigenvalue weighted by molar-refractivity contribution is 5.82. The molecule has 4 aromatic rings. The zero-order valence-corrected chi connectivity index (χ0v) is 18.0. The second kappa shape index (κ2) is 8.90. The zero-order valence-electron chi connectivity index (χ0n) is 18.0. The van der Waals surface area contributed by atoms with Gasteiger partial charge in [-0.1, -0.05) is 60.7 Å². The Kier molecular flexibility index (Phi) is 5.76. The Labute approximate surface area is 196 Å². The molecule has 0 amide bonds. The molecule has 0 radical (unpaired) electrons. The van der Waals surface area contributed by atoms with Gasteiger partial charge >= 0.3 is 11.7 Å². The molecule has 9 heteroatoms. The molecule has 2 heterocycles. The van der Waals surface area contributed by atoms with Crippen LogP contribution >= 0.6 is 0 Å². The van der Waals surface area contributed by atoms with Crippen LogP contribution in [0, 0.1) is 29.1 Å². The van der Waals surface area contributed by atoms with Gasteiger partial charge in [-0.2, -0.15) is 4.57 Å². The minimum atomic E-state index is -2.24. The van der Waals surface area contributed by atoms with Gasteiger partial charge in [0.15, 0.2) is 29.3 Å². The van der Waals surface area contributed by atoms with Crippen LogP contribution in [0.1, 0.15) is 21.6 Å². The lowest BCUT2D eigenvalue weighted by Gasteiger charge is -2.09. The Balaban J connectivity index is 1.57. The van der Waals surface area contributed by atoms with E-state index in [4.69, 9.17) is 4.98 Å². The Morgan fingerprint density at radius 1 is 0.800 bits per heavy atom. The summed E-state index contributed by atoms with van der Waals surface area (Å²) in [4.78, 5) is 17.9. The number of nitrogens with zero attached hydrogens (tertiary/aromatic N) is 2. The third-order valence-electron chi connectivity index (χ3n) is 5.86. The summed E-state index contributed by atoms with van der Waals surface area (Å²) >= 11 is 0. The van der Waals surface area contributed by atoms with Crippen LogP contribution in [0.4, 0.5) is 27.8 Å². The first-order valence-electron chi connectivity index (χ1n) is 10.7. The SMILES string of the molecule is O=C1C(Cc2c(F)c(F)c(F)c(F)c2F)Nc2c(Cc3ccccc3)nc(-c3ccccc3)c[n+]21. The smallest absolute Gasteiger partial charge is 0.258 e. The molecule has 1 aliphatic rings. The first-order chi connectivity index (χ1) is 16.8. The second-order valence-electron chi connectivity index (χ2n) is 8.11. The highest BCUT2D eigenvalue weighted by Gasteiger charge is 2.42. The maximum atomic E-state index is 14.3. The fraction of sp³-hybridized carbons (Fsp3) is 0.115. The van der Waals surface area contributed by atoms with Gasteiger partial charge in [0.25, 0.3) is 0 Å². The number of hydrogen-bond acceptors (Lipinski definition) is 3. The first kappa shape index (κ1) is 22.6. The summed E-state index contributed by atoms with van der Waals surface area (Å²) in [5.74, 6) is -10.5. The number of hydrogen-bond donors (Lipinski definition) is 1. The van der Waals surface area contributed by atoms with E-state index in [1.165, 1.54) is 10.8 Å². The molecule has 35 heavy (non-hydrogen) atoms. The van der Waals surface area contributed by atoms with Crippen molar-refractivity contribution in [1.29, 1.82) is 0 Å². The molecule has 1 aromatic heterocycles. The molecular formula is C26H17F5N3O+. The normalized spacial score (nSPS) is 14.7. The Morgan fingerprint density at radius 2 is 1.37 bits per heavy atom. The van der Waals surface area contributed by atoms with Crippen molar-refractivity contribution in [3.8, 4) is 11.3 Å². The van der Waals surface area contributed by atoms with E-state index in [0.717, 1.165) is 11.1 Å². The highest BCUT2D eigenvalue weighted by atomic mass is 19.2. The number of carbonyl (C=O) groups is 1. The maximum Gasteiger partial charge on any atom is 0.359 e. The van der Waals surface area contributed by atoms with Crippen molar-refractivity contribution < 1.29 is 31.3 Å². The highest BCUT2D eigenvalue weighted by Crippen LogP contribution is 2.28. The van der Waals surface area contributed by atoms with E-state index in [1.807, 2.05) is 60.7 Å². The summed E-state index contributed by atoms with van der Waals surface area (Å²) in [5.41, 5.74) is 1.58. The van der Waals surface area contributed by atoms with Crippen LogP contribution in [0.5, 0.6) is 0 Å². The third kappa shape index (κ3) is 4.03. The van der Waals surface area contributed by atoms with E-state index in [-0.39, 0.29) is 0 Å². The van der Waals surface area contributed by atoms with Crippen LogP contribution in [0.25, 0.3) is 11.3 Å². The number of halogens is 5. The van der Waals surface area contributed by atoms with Gasteiger partial charge < -0.3 is 0 Å². The lowest BCUT2D eigenvalue weighted by Crippen LogP contribution is -2.44. The van der Waals surface area contributed by atoms with E-state index >= 15 is 0 Å². The fourth-order valence-electron chi connectivity index (χ4n) is 4.11. The van der Waals surface area contributed by atoms with Crippen molar-refractivity contribution in [3.63, 3.8) is 0 Å². The van der Waals surface area contributed by atoms with Crippen LogP contribution in [0.3, 0.4) is 0 Å². The lowest BCUT2D eigenvalue weighted by atomic mass is 10.0. The molecule has 0 saturated heterocycles. The molecule has 4 nitrogen and oxygen atoms in total. The van der Waals surface area contributed by atoms with Crippen molar-refractivity contribution in [1.82, 2.24) is 4.98 Å². The van der Waals surface area contributed by atoms with Gasteiger partial charge in [-0.25, -0.2) is 31.7 Å². The molecule has 0 aliphatic carbocycles. The molecule has 0 spiro atoms. The molecule has 0 bridgehead atoms. The molecule has 1 aliphatic heterocycles. The van der Waals surface area contributed by atoms with Crippen LogP contribution in [0.2, 0.25) is 0 Å². The van der Waals surface area contributed by atoms with Gasteiger partial charge in [0.2, 0.25) is 5.82 Å². The topological polar surface area (TPSA) is 45.9 Å². The quantitative estimate of drug-likeness (QED) is 0.189. The Hall–Kier alpha value is -4.14. The summed E-state index contributed by atoms with van der Waals surface area (Å²) in [6, 6.07) is 17.2. The van der Waals surface area contributed by atoms with Gasteiger partial charge in [-0.05, 0) is 5.56 Å². The minimum Gasteiger partial charge on any atom is -0.258 e. The number of anilines is 1. The van der Waals surface area contributed by atoms with Crippen molar-refractivity contribution in [2.75, 3.05) is 5.32 Å². The summed E-state index contributed by atoms with van der Waals surface area (Å²) < 4.78 is 70.7. The molecule has 0 fully saturated rings. The van der Waals surface area contributed by atoms with Gasteiger partial charge in [-0.3, -0.25) is 5.32 Å². The predicted octanol–water partition coefficient (Wildman–Crippen LogP) is 5.00. The van der Waals surface area contributed by atoms with E-state index in [2.05, 4.69) is 5.32 Å². The van der Waals surface area contributed by atoms with Crippen molar-refractivity contribution in [2.45, 2.75) is 18.9 Å². The Bertz CT molecular complexity index is 1420. The average Bonchev–Trinajstić information content (AvgIpc) is 3.20. The standard InChI is InChI=1S/C26H16F5N3O/c27-20-16(21(28)23(30)24(31)22(20)29)12-18-26(35)34-13-19(15-9-5-2-6-10-15)32-17(25(34)33-18)11-14-7-3-1-4-8-14/h1-10,13,18H,11-12H2/p+1. The summed E-state index contributed by atoms with van der Waals surface area (Å²) in [6.07, 6.45) is 1.09. The number of carbonyl (C=O) groups excluding carboxylic acids is 1. The fourth-order valence-corrected chi connectivity index (χ4v) is 4.11. The van der Waals surface area contributed by atoms with E-state index < -0.39 is 53.0 Å². The number of aromatic nitrogens is 2. The lowest BCUT2D eigenvalue weighted by molar-refractivity contribution is -0.552. The summed E-state index contributed by atoms with van der Waals surface area (Å²) in [5, 5.41) is 2.89. The number of rotatable bonds is 5. The van der Waals surface area contributed by atoms with Crippen molar-refractivity contribution in [3.05, 3.63) is 113 Å². The van der Waals surface area contributed by atoms with Crippen molar-refractivity contribution >= 4 is 11.7 Å². The first-order valence-corrected chi connectivity index (χ1v) is 10.7. The van der Waals surface area contributed by atoms with Crippen LogP contribution in [-0.4, -0.2) is 16.9 Å². The monoisotopic (exact) mass is 482 g/mol. The predicted molar refractivity (Wildman–Crippen MR) is 117 cm³/mol. The van der Waals surface area contributed by atoms with Crippen LogP contribution in [0.15, 0.2) is 66.9 Å². The number of nitrogens with one attached hydrogen (secondary N) is 1. The van der Waals surface area contributed by atoms with E-state index in [1.54, 1.807) is 0 Å². The van der Waals surface area contributed by atoms with Gasteiger partial charge in [0.1, 0.15) is 17.6 Å². The molecule has 176 valence electrons. The minimum absolute atomic E-state index is 0.299. The number of fused-ring (bicyclic) bond motifs is 1. The molecule has 0 saturated carbocycles. The van der Waals surface area contributed by atoms with E-state index in [9.17, 15) is 26.7 Å². The molecule has 1 atom stereocenters. The summed E-state index contributed by atoms with van der Waals surface area (Å²) in [7, 11) is 0. The van der Waals surface area contributed by atoms with Crippen molar-refractivity contribution in [2.24, 2.45) is 0 Å². The van der Waals surface area contributed by atoms with Gasteiger partial charge in [0.05, 0.1) is 0 Å². The molecule has 5 rings (SSSR count). The zero-order chi connectivity index (χ0) is 24.7. The van der Waals surface area contributed by atoms with E-state index in [0.29, 0.717) is 23.6 Å². The number of benzene rings is 3. The molecule has 1 N–H and O–H groups in total. The van der Waals surface area contributed by atoms with Crippen LogP contribution < -0.4 is 9.88 Å². The largest absolute Gasteiger partial charge is 0.359 e. The maximum absolute atomic E-state index is 14.3. The molecule has 1 unspecified atom stereocenters. The second-order valence-corrected chi connectivity index (χ2v) is 8.11. The Morgan fingerprint density at radius 3 is 2.00 bits per heavy atom. The summed E-state index contributed by atoms with van der Waals surface area (Å²) in [6.45, 7) is 0. The third-order valence-corrected chi connectivity index (χ3v) is 5.86. The molecule has 3 aromatic carbocycles.